The zero-order chi connectivity index (χ0) is 12.2. The Morgan fingerprint density at radius 1 is 1.00 bits per heavy atom. The maximum absolute atomic E-state index is 13.1. The van der Waals surface area contributed by atoms with Gasteiger partial charge in [0.15, 0.2) is 0 Å². The van der Waals surface area contributed by atoms with Gasteiger partial charge in [-0.1, -0.05) is 13.8 Å². The molecule has 0 unspecified atom stereocenters. The molecule has 2 nitrogen and oxygen atoms in total. The van der Waals surface area contributed by atoms with E-state index in [-0.39, 0.29) is 31.1 Å². The molecule has 0 bridgehead atoms. The van der Waals surface area contributed by atoms with Crippen LogP contribution in [-0.2, 0) is 0 Å². The van der Waals surface area contributed by atoms with Crippen molar-refractivity contribution >= 4 is 0 Å². The van der Waals surface area contributed by atoms with E-state index in [4.69, 9.17) is 5.73 Å². The maximum Gasteiger partial charge on any atom is 0.248 e. The zero-order valence-electron chi connectivity index (χ0n) is 10.0. The zero-order valence-corrected chi connectivity index (χ0v) is 10.0. The van der Waals surface area contributed by atoms with Crippen LogP contribution in [0.25, 0.3) is 0 Å². The lowest BCUT2D eigenvalue weighted by Gasteiger charge is -2.60. The van der Waals surface area contributed by atoms with Gasteiger partial charge in [-0.2, -0.15) is 0 Å². The van der Waals surface area contributed by atoms with Crippen molar-refractivity contribution in [1.29, 1.82) is 0 Å². The van der Waals surface area contributed by atoms with E-state index in [0.717, 1.165) is 12.8 Å². The summed E-state index contributed by atoms with van der Waals surface area (Å²) in [5.74, 6) is -2.61. The first-order valence-electron chi connectivity index (χ1n) is 5.97. The summed E-state index contributed by atoms with van der Waals surface area (Å²) < 4.78 is 26.1. The molecule has 3 N–H and O–H groups in total. The quantitative estimate of drug-likeness (QED) is 0.730. The van der Waals surface area contributed by atoms with Crippen molar-refractivity contribution in [2.45, 2.75) is 69.4 Å². The Balaban J connectivity index is 2.05. The molecular weight excluding hydrogens is 212 g/mol. The highest BCUT2D eigenvalue weighted by molar-refractivity contribution is 5.15. The Morgan fingerprint density at radius 3 is 1.81 bits per heavy atom. The summed E-state index contributed by atoms with van der Waals surface area (Å²) in [6.07, 6.45) is 1.25. The molecule has 2 fully saturated rings. The highest BCUT2D eigenvalue weighted by Crippen LogP contribution is 2.56. The van der Waals surface area contributed by atoms with Gasteiger partial charge in [-0.3, -0.25) is 0 Å². The van der Waals surface area contributed by atoms with E-state index in [1.807, 2.05) is 0 Å². The van der Waals surface area contributed by atoms with Crippen LogP contribution in [-0.4, -0.2) is 22.2 Å². The summed E-state index contributed by atoms with van der Waals surface area (Å²) in [6.45, 7) is 4.19. The topological polar surface area (TPSA) is 46.2 Å². The molecule has 2 aliphatic rings. The van der Waals surface area contributed by atoms with Gasteiger partial charge in [-0.05, 0) is 31.1 Å². The van der Waals surface area contributed by atoms with E-state index < -0.39 is 17.1 Å². The van der Waals surface area contributed by atoms with E-state index in [0.29, 0.717) is 0 Å². The fourth-order valence-electron chi connectivity index (χ4n) is 3.51. The molecule has 0 aromatic rings. The predicted molar refractivity (Wildman–Crippen MR) is 58.3 cm³/mol. The lowest BCUT2D eigenvalue weighted by molar-refractivity contribution is -0.171. The number of nitrogens with two attached hydrogens (primary N) is 1. The van der Waals surface area contributed by atoms with Crippen LogP contribution in [0.1, 0.15) is 52.4 Å². The van der Waals surface area contributed by atoms with Crippen LogP contribution >= 0.6 is 0 Å². The van der Waals surface area contributed by atoms with Gasteiger partial charge in [0.05, 0.1) is 5.60 Å². The van der Waals surface area contributed by atoms with Crippen molar-refractivity contribution < 1.29 is 13.9 Å². The normalized spacial score (nSPS) is 34.1. The van der Waals surface area contributed by atoms with Gasteiger partial charge < -0.3 is 10.8 Å². The fraction of sp³-hybridized carbons (Fsp3) is 1.00. The molecule has 0 saturated heterocycles. The van der Waals surface area contributed by atoms with Crippen molar-refractivity contribution in [2.24, 2.45) is 11.1 Å². The summed E-state index contributed by atoms with van der Waals surface area (Å²) in [6, 6.07) is 0. The van der Waals surface area contributed by atoms with E-state index in [9.17, 15) is 13.9 Å². The minimum Gasteiger partial charge on any atom is -0.388 e. The first-order valence-corrected chi connectivity index (χ1v) is 5.97. The molecule has 2 saturated carbocycles. The minimum atomic E-state index is -2.61. The minimum absolute atomic E-state index is 0.132. The molecule has 0 radical (unpaired) electrons. The number of halogens is 2. The van der Waals surface area contributed by atoms with E-state index in [1.54, 1.807) is 0 Å². The molecule has 0 spiro atoms. The van der Waals surface area contributed by atoms with Crippen molar-refractivity contribution in [3.63, 3.8) is 0 Å². The second-order valence-electron chi connectivity index (χ2n) is 6.56. The monoisotopic (exact) mass is 233 g/mol. The van der Waals surface area contributed by atoms with Crippen molar-refractivity contribution in [2.75, 3.05) is 0 Å². The Bertz CT molecular complexity index is 283. The van der Waals surface area contributed by atoms with Crippen molar-refractivity contribution in [1.82, 2.24) is 0 Å². The Hall–Kier alpha value is -0.220. The highest BCUT2D eigenvalue weighted by atomic mass is 19.3. The smallest absolute Gasteiger partial charge is 0.248 e. The fourth-order valence-corrected chi connectivity index (χ4v) is 3.51. The molecule has 0 amide bonds. The molecule has 4 heteroatoms. The largest absolute Gasteiger partial charge is 0.388 e. The summed E-state index contributed by atoms with van der Waals surface area (Å²) in [4.78, 5) is 0. The number of rotatable bonds is 1. The molecule has 0 heterocycles. The van der Waals surface area contributed by atoms with E-state index in [1.165, 1.54) is 0 Å². The molecule has 0 aliphatic heterocycles. The first kappa shape index (κ1) is 12.2. The molecule has 16 heavy (non-hydrogen) atoms. The molecule has 0 aromatic carbocycles. The third-order valence-electron chi connectivity index (χ3n) is 4.32. The average molecular weight is 233 g/mol. The van der Waals surface area contributed by atoms with Crippen LogP contribution in [0.4, 0.5) is 8.78 Å². The third-order valence-corrected chi connectivity index (χ3v) is 4.32. The third kappa shape index (κ3) is 1.86. The van der Waals surface area contributed by atoms with Gasteiger partial charge in [0.1, 0.15) is 0 Å². The van der Waals surface area contributed by atoms with Crippen molar-refractivity contribution in [3.8, 4) is 0 Å². The maximum atomic E-state index is 13.1. The predicted octanol–water partition coefficient (Wildman–Crippen LogP) is 2.44. The van der Waals surface area contributed by atoms with E-state index in [2.05, 4.69) is 13.8 Å². The second kappa shape index (κ2) is 3.16. The van der Waals surface area contributed by atoms with Gasteiger partial charge >= 0.3 is 0 Å². The van der Waals surface area contributed by atoms with Gasteiger partial charge in [0, 0.05) is 18.4 Å². The summed E-state index contributed by atoms with van der Waals surface area (Å²) >= 11 is 0. The van der Waals surface area contributed by atoms with Crippen LogP contribution < -0.4 is 5.73 Å². The van der Waals surface area contributed by atoms with Crippen LogP contribution in [0.5, 0.6) is 0 Å². The number of hydrogen-bond acceptors (Lipinski definition) is 2. The van der Waals surface area contributed by atoms with E-state index >= 15 is 0 Å². The number of aliphatic hydroxyl groups is 1. The average Bonchev–Trinajstić information content (AvgIpc) is 2.07. The number of alkyl halides is 2. The van der Waals surface area contributed by atoms with Gasteiger partial charge in [0.25, 0.3) is 0 Å². The highest BCUT2D eigenvalue weighted by Gasteiger charge is 2.60. The standard InChI is InChI=1S/C12H21F2NO/c1-9(2)7-10(15,8-9)11(16)3-5-12(13,14)6-4-11/h16H,3-8,15H2,1-2H3. The van der Waals surface area contributed by atoms with Crippen molar-refractivity contribution in [3.05, 3.63) is 0 Å². The molecular formula is C12H21F2NO. The first-order chi connectivity index (χ1) is 7.08. The Kier molecular flexibility index (Phi) is 2.42. The van der Waals surface area contributed by atoms with Crippen LogP contribution in [0.3, 0.4) is 0 Å². The van der Waals surface area contributed by atoms with Crippen LogP contribution in [0, 0.1) is 5.41 Å². The molecule has 94 valence electrons. The second-order valence-corrected chi connectivity index (χ2v) is 6.56. The summed E-state index contributed by atoms with van der Waals surface area (Å²) in [7, 11) is 0. The molecule has 2 rings (SSSR count). The Labute approximate surface area is 95.2 Å². The van der Waals surface area contributed by atoms with Gasteiger partial charge in [-0.15, -0.1) is 0 Å². The summed E-state index contributed by atoms with van der Waals surface area (Å²) in [5.41, 5.74) is 4.60. The summed E-state index contributed by atoms with van der Waals surface area (Å²) in [5, 5.41) is 10.5. The van der Waals surface area contributed by atoms with Gasteiger partial charge in [-0.25, -0.2) is 8.78 Å². The lowest BCUT2D eigenvalue weighted by atomic mass is 9.51. The molecule has 0 aromatic heterocycles. The number of hydrogen-bond donors (Lipinski definition) is 2. The Morgan fingerprint density at radius 2 is 1.44 bits per heavy atom. The lowest BCUT2D eigenvalue weighted by Crippen LogP contribution is -2.70. The van der Waals surface area contributed by atoms with Crippen LogP contribution in [0.15, 0.2) is 0 Å². The molecule has 0 atom stereocenters. The SMILES string of the molecule is CC1(C)CC(N)(C2(O)CCC(F)(F)CC2)C1. The molecule has 2 aliphatic carbocycles. The van der Waals surface area contributed by atoms with Gasteiger partial charge in [0.2, 0.25) is 5.92 Å². The van der Waals surface area contributed by atoms with Crippen LogP contribution in [0.2, 0.25) is 0 Å².